The van der Waals surface area contributed by atoms with E-state index in [4.69, 9.17) is 4.74 Å². The molecule has 0 saturated heterocycles. The highest BCUT2D eigenvalue weighted by molar-refractivity contribution is 7.92. The standard InChI is InChI=1S/C14H15NO5S/c1-3-21(18,19)12-11(14(12,8-15)13(16)17)9-4-6-10(20-2)7-5-9/h4-7,11-12H,3H2,1-2H3,(H,16,17). The molecule has 1 aliphatic carbocycles. The van der Waals surface area contributed by atoms with Crippen LogP contribution in [0.1, 0.15) is 18.4 Å². The summed E-state index contributed by atoms with van der Waals surface area (Å²) in [5.41, 5.74) is -1.38. The van der Waals surface area contributed by atoms with Gasteiger partial charge in [-0.15, -0.1) is 0 Å². The lowest BCUT2D eigenvalue weighted by atomic mass is 10.0. The van der Waals surface area contributed by atoms with Crippen molar-refractivity contribution in [3.63, 3.8) is 0 Å². The fraction of sp³-hybridized carbons (Fsp3) is 0.429. The summed E-state index contributed by atoms with van der Waals surface area (Å²) in [5.74, 6) is -1.86. The zero-order valence-electron chi connectivity index (χ0n) is 11.6. The molecule has 6 nitrogen and oxygen atoms in total. The first-order chi connectivity index (χ1) is 9.85. The molecular formula is C14H15NO5S. The van der Waals surface area contributed by atoms with Gasteiger partial charge in [0, 0.05) is 11.7 Å². The van der Waals surface area contributed by atoms with Gasteiger partial charge >= 0.3 is 5.97 Å². The molecular weight excluding hydrogens is 294 g/mol. The summed E-state index contributed by atoms with van der Waals surface area (Å²) in [4.78, 5) is 11.5. The largest absolute Gasteiger partial charge is 0.497 e. The van der Waals surface area contributed by atoms with Crippen molar-refractivity contribution in [1.29, 1.82) is 5.26 Å². The van der Waals surface area contributed by atoms with Gasteiger partial charge in [0.05, 0.1) is 13.2 Å². The maximum atomic E-state index is 12.1. The van der Waals surface area contributed by atoms with Crippen LogP contribution in [0, 0.1) is 16.7 Å². The van der Waals surface area contributed by atoms with Crippen LogP contribution in [0.5, 0.6) is 5.75 Å². The molecule has 3 unspecified atom stereocenters. The second-order valence-corrected chi connectivity index (χ2v) is 7.32. The summed E-state index contributed by atoms with van der Waals surface area (Å²) in [6.45, 7) is 1.45. The van der Waals surface area contributed by atoms with Crippen molar-refractivity contribution in [2.75, 3.05) is 12.9 Å². The molecule has 1 N–H and O–H groups in total. The van der Waals surface area contributed by atoms with Gasteiger partial charge in [-0.2, -0.15) is 5.26 Å². The normalized spacial score (nSPS) is 27.7. The molecule has 3 atom stereocenters. The SMILES string of the molecule is CCS(=O)(=O)C1C(c2ccc(OC)cc2)C1(C#N)C(=O)O. The van der Waals surface area contributed by atoms with Gasteiger partial charge in [-0.25, -0.2) is 8.42 Å². The second kappa shape index (κ2) is 5.04. The minimum absolute atomic E-state index is 0.193. The number of carboxylic acids is 1. The molecule has 1 aromatic carbocycles. The highest BCUT2D eigenvalue weighted by Gasteiger charge is 2.76. The first-order valence-electron chi connectivity index (χ1n) is 6.35. The maximum Gasteiger partial charge on any atom is 0.326 e. The first-order valence-corrected chi connectivity index (χ1v) is 8.06. The van der Waals surface area contributed by atoms with E-state index in [1.807, 2.05) is 0 Å². The Morgan fingerprint density at radius 1 is 1.43 bits per heavy atom. The molecule has 0 heterocycles. The van der Waals surface area contributed by atoms with Crippen molar-refractivity contribution >= 4 is 15.8 Å². The number of nitrogens with zero attached hydrogens (tertiary/aromatic N) is 1. The molecule has 1 saturated carbocycles. The number of sulfone groups is 1. The minimum Gasteiger partial charge on any atom is -0.497 e. The van der Waals surface area contributed by atoms with Crippen LogP contribution in [0.25, 0.3) is 0 Å². The van der Waals surface area contributed by atoms with E-state index in [9.17, 15) is 23.6 Å². The smallest absolute Gasteiger partial charge is 0.326 e. The van der Waals surface area contributed by atoms with Gasteiger partial charge < -0.3 is 9.84 Å². The monoisotopic (exact) mass is 309 g/mol. The fourth-order valence-electron chi connectivity index (χ4n) is 2.71. The van der Waals surface area contributed by atoms with E-state index in [0.717, 1.165) is 0 Å². The molecule has 0 aliphatic heterocycles. The summed E-state index contributed by atoms with van der Waals surface area (Å²) < 4.78 is 29.2. The number of hydrogen-bond donors (Lipinski definition) is 1. The van der Waals surface area contributed by atoms with Gasteiger partial charge in [-0.3, -0.25) is 4.79 Å². The van der Waals surface area contributed by atoms with E-state index in [0.29, 0.717) is 11.3 Å². The third-order valence-corrected chi connectivity index (χ3v) is 6.16. The zero-order valence-corrected chi connectivity index (χ0v) is 12.4. The van der Waals surface area contributed by atoms with E-state index in [-0.39, 0.29) is 5.75 Å². The number of rotatable bonds is 5. The predicted molar refractivity (Wildman–Crippen MR) is 74.7 cm³/mol. The Morgan fingerprint density at radius 2 is 2.00 bits per heavy atom. The maximum absolute atomic E-state index is 12.1. The van der Waals surface area contributed by atoms with Gasteiger partial charge in [0.15, 0.2) is 15.3 Å². The Bertz CT molecular complexity index is 704. The highest BCUT2D eigenvalue weighted by atomic mass is 32.2. The Labute approximate surface area is 122 Å². The van der Waals surface area contributed by atoms with Crippen molar-refractivity contribution in [1.82, 2.24) is 0 Å². The van der Waals surface area contributed by atoms with Crippen LogP contribution in [-0.2, 0) is 14.6 Å². The molecule has 1 aliphatic rings. The Hall–Kier alpha value is -2.07. The van der Waals surface area contributed by atoms with Crippen molar-refractivity contribution in [3.8, 4) is 11.8 Å². The average Bonchev–Trinajstić information content (AvgIpc) is 3.19. The van der Waals surface area contributed by atoms with Crippen LogP contribution in [-0.4, -0.2) is 37.6 Å². The lowest BCUT2D eigenvalue weighted by molar-refractivity contribution is -0.141. The summed E-state index contributed by atoms with van der Waals surface area (Å²) >= 11 is 0. The van der Waals surface area contributed by atoms with Crippen molar-refractivity contribution < 1.29 is 23.1 Å². The summed E-state index contributed by atoms with van der Waals surface area (Å²) in [5, 5.41) is 17.4. The lowest BCUT2D eigenvalue weighted by Crippen LogP contribution is -2.23. The zero-order chi connectivity index (χ0) is 15.8. The van der Waals surface area contributed by atoms with Crippen molar-refractivity contribution in [3.05, 3.63) is 29.8 Å². The highest BCUT2D eigenvalue weighted by Crippen LogP contribution is 2.63. The third kappa shape index (κ3) is 2.16. The molecule has 0 spiro atoms. The molecule has 7 heteroatoms. The second-order valence-electron chi connectivity index (χ2n) is 4.91. The quantitative estimate of drug-likeness (QED) is 0.876. The molecule has 21 heavy (non-hydrogen) atoms. The summed E-state index contributed by atoms with van der Waals surface area (Å²) in [6, 6.07) is 8.15. The van der Waals surface area contributed by atoms with Crippen LogP contribution in [0.2, 0.25) is 0 Å². The van der Waals surface area contributed by atoms with Crippen LogP contribution in [0.4, 0.5) is 0 Å². The Kier molecular flexibility index (Phi) is 3.68. The van der Waals surface area contributed by atoms with Crippen LogP contribution in [0.3, 0.4) is 0 Å². The van der Waals surface area contributed by atoms with Crippen molar-refractivity contribution in [2.45, 2.75) is 18.1 Å². The van der Waals surface area contributed by atoms with E-state index in [2.05, 4.69) is 0 Å². The predicted octanol–water partition coefficient (Wildman–Crippen LogP) is 1.19. The lowest BCUT2D eigenvalue weighted by Gasteiger charge is -2.03. The van der Waals surface area contributed by atoms with Crippen LogP contribution >= 0.6 is 0 Å². The molecule has 112 valence electrons. The average molecular weight is 309 g/mol. The minimum atomic E-state index is -3.64. The third-order valence-electron chi connectivity index (χ3n) is 3.94. The number of carbonyl (C=O) groups is 1. The molecule has 0 aromatic heterocycles. The van der Waals surface area contributed by atoms with E-state index in [1.54, 1.807) is 30.3 Å². The fourth-order valence-corrected chi connectivity index (χ4v) is 4.64. The summed E-state index contributed by atoms with van der Waals surface area (Å²) in [7, 11) is -2.14. The number of aliphatic carboxylic acids is 1. The number of ether oxygens (including phenoxy) is 1. The molecule has 0 radical (unpaired) electrons. The van der Waals surface area contributed by atoms with Gasteiger partial charge in [0.25, 0.3) is 0 Å². The summed E-state index contributed by atoms with van der Waals surface area (Å²) in [6.07, 6.45) is 0. The van der Waals surface area contributed by atoms with Gasteiger partial charge in [-0.05, 0) is 17.7 Å². The molecule has 1 fully saturated rings. The van der Waals surface area contributed by atoms with Crippen molar-refractivity contribution in [2.24, 2.45) is 5.41 Å². The molecule has 0 amide bonds. The first kappa shape index (κ1) is 15.3. The van der Waals surface area contributed by atoms with Gasteiger partial charge in [0.2, 0.25) is 0 Å². The van der Waals surface area contributed by atoms with E-state index in [1.165, 1.54) is 14.0 Å². The van der Waals surface area contributed by atoms with E-state index >= 15 is 0 Å². The van der Waals surface area contributed by atoms with E-state index < -0.39 is 32.4 Å². The Morgan fingerprint density at radius 3 is 2.38 bits per heavy atom. The number of hydrogen-bond acceptors (Lipinski definition) is 5. The molecule has 2 rings (SSSR count). The Balaban J connectivity index is 2.50. The van der Waals surface area contributed by atoms with Gasteiger partial charge in [-0.1, -0.05) is 19.1 Å². The van der Waals surface area contributed by atoms with Crippen LogP contribution in [0.15, 0.2) is 24.3 Å². The number of methoxy groups -OCH3 is 1. The number of carboxylic acid groups (broad SMARTS) is 1. The topological polar surface area (TPSA) is 104 Å². The van der Waals surface area contributed by atoms with Crippen LogP contribution < -0.4 is 4.74 Å². The number of benzene rings is 1. The number of nitriles is 1. The molecule has 0 bridgehead atoms. The molecule has 1 aromatic rings. The van der Waals surface area contributed by atoms with Gasteiger partial charge in [0.1, 0.15) is 11.0 Å².